The number of hydrogen-bond donors (Lipinski definition) is 3. The molecule has 0 aliphatic carbocycles. The Kier molecular flexibility index (Phi) is 1.86. The molecule has 2 atom stereocenters. The van der Waals surface area contributed by atoms with Gasteiger partial charge in [0, 0.05) is 6.61 Å². The predicted octanol–water partition coefficient (Wildman–Crippen LogP) is -0.289. The average Bonchev–Trinajstić information content (AvgIpc) is 2.59. The van der Waals surface area contributed by atoms with Crippen LogP contribution in [0.3, 0.4) is 0 Å². The fourth-order valence-electron chi connectivity index (χ4n) is 1.42. The highest BCUT2D eigenvalue weighted by Gasteiger charge is 2.31. The number of hydrogen-bond acceptors (Lipinski definition) is 5. The quantitative estimate of drug-likeness (QED) is 0.586. The Balaban J connectivity index is 2.23. The van der Waals surface area contributed by atoms with Gasteiger partial charge in [-0.15, -0.1) is 0 Å². The maximum Gasteiger partial charge on any atom is 0.164 e. The lowest BCUT2D eigenvalue weighted by Crippen LogP contribution is -2.32. The Labute approximate surface area is 75.8 Å². The van der Waals surface area contributed by atoms with E-state index in [1.807, 2.05) is 6.92 Å². The van der Waals surface area contributed by atoms with Crippen molar-refractivity contribution >= 4 is 11.5 Å². The van der Waals surface area contributed by atoms with E-state index in [1.54, 1.807) is 10.9 Å². The van der Waals surface area contributed by atoms with Gasteiger partial charge in [-0.25, -0.2) is 4.68 Å². The SMILES string of the molecule is CCOC1Nc2c(N)cnn2C1N. The van der Waals surface area contributed by atoms with E-state index in [0.29, 0.717) is 12.3 Å². The van der Waals surface area contributed by atoms with Crippen molar-refractivity contribution in [3.63, 3.8) is 0 Å². The van der Waals surface area contributed by atoms with Gasteiger partial charge in [0.15, 0.2) is 12.0 Å². The van der Waals surface area contributed by atoms with Crippen LogP contribution in [-0.2, 0) is 4.74 Å². The van der Waals surface area contributed by atoms with E-state index in [2.05, 4.69) is 10.4 Å². The molecule has 0 bridgehead atoms. The topological polar surface area (TPSA) is 91.1 Å². The molecule has 0 amide bonds. The van der Waals surface area contributed by atoms with Crippen molar-refractivity contribution in [2.75, 3.05) is 17.7 Å². The van der Waals surface area contributed by atoms with Crippen LogP contribution in [0, 0.1) is 0 Å². The summed E-state index contributed by atoms with van der Waals surface area (Å²) in [5, 5.41) is 7.10. The number of nitrogens with one attached hydrogen (secondary N) is 1. The van der Waals surface area contributed by atoms with Crippen LogP contribution in [0.4, 0.5) is 11.5 Å². The molecule has 0 saturated carbocycles. The molecule has 0 fully saturated rings. The van der Waals surface area contributed by atoms with Crippen molar-refractivity contribution in [3.8, 4) is 0 Å². The molecule has 1 aliphatic heterocycles. The summed E-state index contributed by atoms with van der Waals surface area (Å²) in [4.78, 5) is 0. The molecule has 1 aromatic heterocycles. The van der Waals surface area contributed by atoms with Gasteiger partial charge in [0.2, 0.25) is 0 Å². The number of fused-ring (bicyclic) bond motifs is 1. The Morgan fingerprint density at radius 3 is 3.15 bits per heavy atom. The van der Waals surface area contributed by atoms with Crippen molar-refractivity contribution in [1.29, 1.82) is 0 Å². The van der Waals surface area contributed by atoms with E-state index in [9.17, 15) is 0 Å². The Hall–Kier alpha value is -1.27. The molecule has 5 N–H and O–H groups in total. The molecular weight excluding hydrogens is 170 g/mol. The number of ether oxygens (including phenoxy) is 1. The minimum absolute atomic E-state index is 0.226. The van der Waals surface area contributed by atoms with Crippen LogP contribution in [0.1, 0.15) is 13.1 Å². The van der Waals surface area contributed by atoms with Crippen LogP contribution in [-0.4, -0.2) is 22.6 Å². The summed E-state index contributed by atoms with van der Waals surface area (Å²) in [6, 6.07) is 0. The first kappa shape index (κ1) is 8.33. The number of nitrogen functional groups attached to an aromatic ring is 1. The minimum Gasteiger partial charge on any atom is -0.394 e. The smallest absolute Gasteiger partial charge is 0.164 e. The highest BCUT2D eigenvalue weighted by Crippen LogP contribution is 2.29. The average molecular weight is 183 g/mol. The molecule has 1 aliphatic rings. The lowest BCUT2D eigenvalue weighted by Gasteiger charge is -2.15. The molecule has 0 saturated heterocycles. The summed E-state index contributed by atoms with van der Waals surface area (Å²) in [6.07, 6.45) is 1.05. The second kappa shape index (κ2) is 2.90. The first-order chi connectivity index (χ1) is 6.24. The Morgan fingerprint density at radius 2 is 2.54 bits per heavy atom. The number of nitrogens with two attached hydrogens (primary N) is 2. The summed E-state index contributed by atoms with van der Waals surface area (Å²) >= 11 is 0. The normalized spacial score (nSPS) is 25.7. The van der Waals surface area contributed by atoms with Crippen molar-refractivity contribution in [2.24, 2.45) is 5.73 Å². The van der Waals surface area contributed by atoms with Crippen molar-refractivity contribution < 1.29 is 4.74 Å². The van der Waals surface area contributed by atoms with Crippen LogP contribution in [0.2, 0.25) is 0 Å². The fraction of sp³-hybridized carbons (Fsp3) is 0.571. The molecular formula is C7H13N5O. The minimum atomic E-state index is -0.299. The predicted molar refractivity (Wildman–Crippen MR) is 48.9 cm³/mol. The number of anilines is 2. The van der Waals surface area contributed by atoms with Gasteiger partial charge in [0.1, 0.15) is 6.17 Å². The van der Waals surface area contributed by atoms with Crippen LogP contribution in [0.15, 0.2) is 6.20 Å². The molecule has 6 heteroatoms. The number of aromatic nitrogens is 2. The molecule has 2 rings (SSSR count). The Morgan fingerprint density at radius 1 is 1.77 bits per heavy atom. The van der Waals surface area contributed by atoms with E-state index < -0.39 is 0 Å². The lowest BCUT2D eigenvalue weighted by atomic mass is 10.5. The molecule has 2 heterocycles. The number of nitrogens with zero attached hydrogens (tertiary/aromatic N) is 2. The second-order valence-electron chi connectivity index (χ2n) is 2.90. The van der Waals surface area contributed by atoms with E-state index >= 15 is 0 Å². The standard InChI is InChI=1S/C7H13N5O/c1-2-13-7-5(9)12-6(11-7)4(8)3-10-12/h3,5,7,11H,2,8-9H2,1H3. The first-order valence-corrected chi connectivity index (χ1v) is 4.20. The third kappa shape index (κ3) is 1.14. The van der Waals surface area contributed by atoms with Gasteiger partial charge in [-0.2, -0.15) is 5.10 Å². The summed E-state index contributed by atoms with van der Waals surface area (Å²) in [5.41, 5.74) is 12.1. The van der Waals surface area contributed by atoms with Gasteiger partial charge in [-0.3, -0.25) is 0 Å². The largest absolute Gasteiger partial charge is 0.394 e. The molecule has 0 radical (unpaired) electrons. The van der Waals surface area contributed by atoms with Gasteiger partial charge in [0.25, 0.3) is 0 Å². The number of rotatable bonds is 2. The lowest BCUT2D eigenvalue weighted by molar-refractivity contribution is 0.0543. The van der Waals surface area contributed by atoms with Gasteiger partial charge >= 0.3 is 0 Å². The van der Waals surface area contributed by atoms with Crippen LogP contribution < -0.4 is 16.8 Å². The highest BCUT2D eigenvalue weighted by atomic mass is 16.5. The van der Waals surface area contributed by atoms with E-state index in [4.69, 9.17) is 16.2 Å². The Bertz CT molecular complexity index is 310. The zero-order valence-corrected chi connectivity index (χ0v) is 7.40. The van der Waals surface area contributed by atoms with Crippen LogP contribution in [0.25, 0.3) is 0 Å². The molecule has 0 spiro atoms. The molecule has 72 valence electrons. The monoisotopic (exact) mass is 183 g/mol. The van der Waals surface area contributed by atoms with E-state index in [-0.39, 0.29) is 12.4 Å². The maximum absolute atomic E-state index is 5.85. The van der Waals surface area contributed by atoms with Gasteiger partial charge < -0.3 is 21.5 Å². The van der Waals surface area contributed by atoms with Crippen LogP contribution in [0.5, 0.6) is 0 Å². The van der Waals surface area contributed by atoms with Gasteiger partial charge in [-0.05, 0) is 6.92 Å². The summed E-state index contributed by atoms with van der Waals surface area (Å²) in [5.74, 6) is 0.742. The molecule has 0 aromatic carbocycles. The molecule has 6 nitrogen and oxygen atoms in total. The molecule has 1 aromatic rings. The van der Waals surface area contributed by atoms with Crippen molar-refractivity contribution in [1.82, 2.24) is 9.78 Å². The van der Waals surface area contributed by atoms with Gasteiger partial charge in [0.05, 0.1) is 11.9 Å². The summed E-state index contributed by atoms with van der Waals surface area (Å²) in [7, 11) is 0. The molecule has 2 unspecified atom stereocenters. The maximum atomic E-state index is 5.85. The van der Waals surface area contributed by atoms with E-state index in [1.165, 1.54) is 0 Å². The highest BCUT2D eigenvalue weighted by molar-refractivity contribution is 5.62. The third-order valence-corrected chi connectivity index (χ3v) is 2.04. The third-order valence-electron chi connectivity index (χ3n) is 2.04. The van der Waals surface area contributed by atoms with Crippen LogP contribution >= 0.6 is 0 Å². The van der Waals surface area contributed by atoms with Crippen molar-refractivity contribution in [3.05, 3.63) is 6.20 Å². The fourth-order valence-corrected chi connectivity index (χ4v) is 1.42. The van der Waals surface area contributed by atoms with Gasteiger partial charge in [-0.1, -0.05) is 0 Å². The zero-order chi connectivity index (χ0) is 9.42. The molecule has 13 heavy (non-hydrogen) atoms. The second-order valence-corrected chi connectivity index (χ2v) is 2.90. The summed E-state index contributed by atoms with van der Waals surface area (Å²) in [6.45, 7) is 2.52. The van der Waals surface area contributed by atoms with E-state index in [0.717, 1.165) is 5.82 Å². The first-order valence-electron chi connectivity index (χ1n) is 4.20. The zero-order valence-electron chi connectivity index (χ0n) is 7.40. The summed E-state index contributed by atoms with van der Waals surface area (Å²) < 4.78 is 6.99. The van der Waals surface area contributed by atoms with Crippen molar-refractivity contribution in [2.45, 2.75) is 19.3 Å².